The van der Waals surface area contributed by atoms with Gasteiger partial charge in [-0.25, -0.2) is 9.79 Å². The van der Waals surface area contributed by atoms with Gasteiger partial charge in [-0.05, 0) is 29.8 Å². The molecule has 1 aliphatic heterocycles. The second kappa shape index (κ2) is 7.38. The number of esters is 2. The number of non-ortho nitro benzene ring substituents is 1. The molecule has 0 saturated carbocycles. The summed E-state index contributed by atoms with van der Waals surface area (Å²) >= 11 is 6.04. The average molecular weight is 387 g/mol. The molecule has 0 bridgehead atoms. The van der Waals surface area contributed by atoms with E-state index >= 15 is 0 Å². The molecule has 0 N–H and O–H groups in total. The van der Waals surface area contributed by atoms with Gasteiger partial charge in [-0.1, -0.05) is 23.7 Å². The van der Waals surface area contributed by atoms with E-state index in [1.807, 2.05) is 0 Å². The van der Waals surface area contributed by atoms with Gasteiger partial charge in [0.05, 0.1) is 15.5 Å². The van der Waals surface area contributed by atoms with Crippen LogP contribution in [0.4, 0.5) is 5.69 Å². The van der Waals surface area contributed by atoms with Crippen LogP contribution in [0.2, 0.25) is 5.02 Å². The first-order valence-corrected chi connectivity index (χ1v) is 7.96. The number of nitrogens with zero attached hydrogens (tertiary/aromatic N) is 2. The summed E-state index contributed by atoms with van der Waals surface area (Å²) < 4.78 is 10.1. The number of nitro benzene ring substituents is 1. The molecule has 27 heavy (non-hydrogen) atoms. The summed E-state index contributed by atoms with van der Waals surface area (Å²) in [5.41, 5.74) is 0.458. The first kappa shape index (κ1) is 18.3. The van der Waals surface area contributed by atoms with Gasteiger partial charge in [0, 0.05) is 19.1 Å². The molecular formula is C18H11ClN2O6. The van der Waals surface area contributed by atoms with Crippen LogP contribution in [0.3, 0.4) is 0 Å². The van der Waals surface area contributed by atoms with Crippen LogP contribution in [-0.2, 0) is 14.3 Å². The fraction of sp³-hybridized carbons (Fsp3) is 0.0556. The normalized spacial score (nSPS) is 14.7. The van der Waals surface area contributed by atoms with Crippen molar-refractivity contribution in [3.63, 3.8) is 0 Å². The van der Waals surface area contributed by atoms with E-state index in [1.54, 1.807) is 24.3 Å². The zero-order valence-corrected chi connectivity index (χ0v) is 14.6. The number of hydrogen-bond acceptors (Lipinski definition) is 7. The predicted molar refractivity (Wildman–Crippen MR) is 96.5 cm³/mol. The van der Waals surface area contributed by atoms with Crippen LogP contribution in [-0.4, -0.2) is 22.8 Å². The van der Waals surface area contributed by atoms with Crippen LogP contribution >= 0.6 is 11.6 Å². The number of aliphatic imine (C=N–C) groups is 1. The van der Waals surface area contributed by atoms with Gasteiger partial charge < -0.3 is 9.47 Å². The summed E-state index contributed by atoms with van der Waals surface area (Å²) in [4.78, 5) is 37.5. The van der Waals surface area contributed by atoms with Crippen LogP contribution in [0.1, 0.15) is 18.1 Å². The number of ether oxygens (including phenoxy) is 2. The smallest absolute Gasteiger partial charge is 0.363 e. The van der Waals surface area contributed by atoms with Crippen LogP contribution < -0.4 is 4.74 Å². The van der Waals surface area contributed by atoms with Crippen LogP contribution in [0.5, 0.6) is 5.75 Å². The molecule has 0 spiro atoms. The molecule has 0 aliphatic carbocycles. The van der Waals surface area contributed by atoms with Gasteiger partial charge >= 0.3 is 11.9 Å². The molecule has 0 amide bonds. The molecule has 2 aromatic carbocycles. The third-order valence-electron chi connectivity index (χ3n) is 3.43. The Hall–Kier alpha value is -3.52. The molecule has 9 heteroatoms. The van der Waals surface area contributed by atoms with E-state index < -0.39 is 16.9 Å². The van der Waals surface area contributed by atoms with Gasteiger partial charge in [0.2, 0.25) is 5.90 Å². The van der Waals surface area contributed by atoms with Gasteiger partial charge in [-0.3, -0.25) is 14.9 Å². The molecule has 0 fully saturated rings. The molecule has 0 atom stereocenters. The topological polar surface area (TPSA) is 108 Å². The maximum atomic E-state index is 12.1. The standard InChI is InChI=1S/C18H11ClN2O6/c1-10(22)26-13-4-2-3-11(7-13)8-16-18(23)27-17(20-16)14-9-12(21(24)25)5-6-15(14)19/h2-9H,1H3/b16-8-. The van der Waals surface area contributed by atoms with Crippen molar-refractivity contribution in [3.05, 3.63) is 74.4 Å². The average Bonchev–Trinajstić information content (AvgIpc) is 2.95. The molecule has 2 aromatic rings. The largest absolute Gasteiger partial charge is 0.427 e. The number of rotatable bonds is 4. The van der Waals surface area contributed by atoms with Crippen LogP contribution in [0, 0.1) is 10.1 Å². The summed E-state index contributed by atoms with van der Waals surface area (Å²) in [6, 6.07) is 10.2. The van der Waals surface area contributed by atoms with Crippen molar-refractivity contribution in [2.45, 2.75) is 6.92 Å². The van der Waals surface area contributed by atoms with E-state index in [2.05, 4.69) is 4.99 Å². The minimum Gasteiger partial charge on any atom is -0.427 e. The number of hydrogen-bond donors (Lipinski definition) is 0. The quantitative estimate of drug-likeness (QED) is 0.261. The Morgan fingerprint density at radius 2 is 2.07 bits per heavy atom. The van der Waals surface area contributed by atoms with Crippen molar-refractivity contribution in [2.24, 2.45) is 4.99 Å². The van der Waals surface area contributed by atoms with Crippen molar-refractivity contribution in [1.29, 1.82) is 0 Å². The second-order valence-corrected chi connectivity index (χ2v) is 5.83. The van der Waals surface area contributed by atoms with Crippen molar-refractivity contribution in [3.8, 4) is 5.75 Å². The molecule has 1 heterocycles. The van der Waals surface area contributed by atoms with Crippen molar-refractivity contribution < 1.29 is 24.0 Å². The highest BCUT2D eigenvalue weighted by Gasteiger charge is 2.27. The van der Waals surface area contributed by atoms with Gasteiger partial charge in [0.25, 0.3) is 5.69 Å². The third-order valence-corrected chi connectivity index (χ3v) is 3.76. The summed E-state index contributed by atoms with van der Waals surface area (Å²) in [6.07, 6.45) is 1.44. The Morgan fingerprint density at radius 1 is 1.30 bits per heavy atom. The lowest BCUT2D eigenvalue weighted by Gasteiger charge is -2.02. The van der Waals surface area contributed by atoms with E-state index in [9.17, 15) is 19.7 Å². The predicted octanol–water partition coefficient (Wildman–Crippen LogP) is 3.52. The minimum atomic E-state index is -0.731. The highest BCUT2D eigenvalue weighted by atomic mass is 35.5. The zero-order valence-electron chi connectivity index (χ0n) is 13.8. The van der Waals surface area contributed by atoms with Gasteiger partial charge in [0.1, 0.15) is 5.75 Å². The van der Waals surface area contributed by atoms with Gasteiger partial charge in [0.15, 0.2) is 5.70 Å². The van der Waals surface area contributed by atoms with E-state index in [0.717, 1.165) is 0 Å². The number of nitro groups is 1. The lowest BCUT2D eigenvalue weighted by molar-refractivity contribution is -0.384. The lowest BCUT2D eigenvalue weighted by atomic mass is 10.2. The highest BCUT2D eigenvalue weighted by Crippen LogP contribution is 2.27. The second-order valence-electron chi connectivity index (χ2n) is 5.42. The summed E-state index contributed by atoms with van der Waals surface area (Å²) in [6.45, 7) is 1.28. The van der Waals surface area contributed by atoms with E-state index in [-0.39, 0.29) is 27.9 Å². The van der Waals surface area contributed by atoms with Gasteiger partial charge in [-0.2, -0.15) is 0 Å². The van der Waals surface area contributed by atoms with Crippen LogP contribution in [0.25, 0.3) is 6.08 Å². The lowest BCUT2D eigenvalue weighted by Crippen LogP contribution is -2.06. The molecular weight excluding hydrogens is 376 g/mol. The van der Waals surface area contributed by atoms with Crippen molar-refractivity contribution >= 4 is 41.2 Å². The number of halogens is 1. The highest BCUT2D eigenvalue weighted by molar-refractivity contribution is 6.34. The Morgan fingerprint density at radius 3 is 2.78 bits per heavy atom. The number of benzene rings is 2. The first-order valence-electron chi connectivity index (χ1n) is 7.59. The fourth-order valence-electron chi connectivity index (χ4n) is 2.31. The summed E-state index contributed by atoms with van der Waals surface area (Å²) in [7, 11) is 0. The Kier molecular flexibility index (Phi) is 5.00. The van der Waals surface area contributed by atoms with Gasteiger partial charge in [-0.15, -0.1) is 0 Å². The van der Waals surface area contributed by atoms with Crippen molar-refractivity contribution in [1.82, 2.24) is 0 Å². The summed E-state index contributed by atoms with van der Waals surface area (Å²) in [5, 5.41) is 11.1. The third kappa shape index (κ3) is 4.18. The molecule has 3 rings (SSSR count). The Bertz CT molecular complexity index is 1030. The zero-order chi connectivity index (χ0) is 19.6. The molecule has 0 radical (unpaired) electrons. The minimum absolute atomic E-state index is 0.0208. The maximum absolute atomic E-state index is 12.1. The van der Waals surface area contributed by atoms with E-state index in [4.69, 9.17) is 21.1 Å². The molecule has 0 saturated heterocycles. The number of cyclic esters (lactones) is 1. The maximum Gasteiger partial charge on any atom is 0.363 e. The van der Waals surface area contributed by atoms with E-state index in [1.165, 1.54) is 31.2 Å². The molecule has 0 aromatic heterocycles. The fourth-order valence-corrected chi connectivity index (χ4v) is 2.51. The SMILES string of the molecule is CC(=O)Oc1cccc(/C=C2\N=C(c3cc([N+](=O)[O-])ccc3Cl)OC2=O)c1. The Labute approximate surface area is 157 Å². The molecule has 1 aliphatic rings. The van der Waals surface area contributed by atoms with Crippen LogP contribution in [0.15, 0.2) is 53.2 Å². The summed E-state index contributed by atoms with van der Waals surface area (Å²) in [5.74, 6) is -1.02. The van der Waals surface area contributed by atoms with Crippen molar-refractivity contribution in [2.75, 3.05) is 0 Å². The monoisotopic (exact) mass is 386 g/mol. The first-order chi connectivity index (χ1) is 12.8. The molecule has 0 unspecified atom stereocenters. The molecule has 136 valence electrons. The Balaban J connectivity index is 1.95. The van der Waals surface area contributed by atoms with E-state index in [0.29, 0.717) is 11.3 Å². The molecule has 8 nitrogen and oxygen atoms in total. The number of carbonyl (C=O) groups is 2. The number of carbonyl (C=O) groups excluding carboxylic acids is 2.